The minimum Gasteiger partial charge on any atom is -0.345 e. The summed E-state index contributed by atoms with van der Waals surface area (Å²) in [4.78, 5) is 7.08. The number of aromatic nitrogens is 1. The monoisotopic (exact) mass is 288 g/mol. The van der Waals surface area contributed by atoms with Gasteiger partial charge < -0.3 is 4.90 Å². The molecule has 0 amide bonds. The summed E-state index contributed by atoms with van der Waals surface area (Å²) >= 11 is 5.40. The van der Waals surface area contributed by atoms with Crippen LogP contribution in [0.5, 0.6) is 0 Å². The van der Waals surface area contributed by atoms with E-state index in [1.807, 2.05) is 0 Å². The number of alkyl halides is 1. The Balaban J connectivity index is 2.16. The van der Waals surface area contributed by atoms with E-state index >= 15 is 0 Å². The highest BCUT2D eigenvalue weighted by molar-refractivity contribution is 9.09. The molecule has 2 rings (SSSR count). The first-order valence-corrected chi connectivity index (χ1v) is 7.51. The lowest BCUT2D eigenvalue weighted by molar-refractivity contribution is 0.509. The summed E-state index contributed by atoms with van der Waals surface area (Å²) in [6, 6.07) is 0.676. The van der Waals surface area contributed by atoms with E-state index in [1.165, 1.54) is 24.5 Å². The quantitative estimate of drug-likeness (QED) is 0.792. The fourth-order valence-electron chi connectivity index (χ4n) is 2.36. The molecule has 0 bridgehead atoms. The Morgan fingerprint density at radius 1 is 1.67 bits per heavy atom. The van der Waals surface area contributed by atoms with Crippen LogP contribution in [0.15, 0.2) is 5.38 Å². The van der Waals surface area contributed by atoms with E-state index in [9.17, 15) is 0 Å². The first-order chi connectivity index (χ1) is 7.26. The van der Waals surface area contributed by atoms with Crippen LogP contribution in [0.2, 0.25) is 0 Å². The number of nitrogens with zero attached hydrogens (tertiary/aromatic N) is 2. The van der Waals surface area contributed by atoms with Crippen molar-refractivity contribution in [3.05, 3.63) is 11.1 Å². The van der Waals surface area contributed by atoms with E-state index in [-0.39, 0.29) is 0 Å². The summed E-state index contributed by atoms with van der Waals surface area (Å²) in [5.74, 6) is 0.791. The second-order valence-corrected chi connectivity index (χ2v) is 5.63. The van der Waals surface area contributed by atoms with Crippen molar-refractivity contribution in [3.63, 3.8) is 0 Å². The summed E-state index contributed by atoms with van der Waals surface area (Å²) in [5.41, 5.74) is 1.15. The van der Waals surface area contributed by atoms with E-state index in [0.717, 1.165) is 16.9 Å². The molecule has 1 saturated heterocycles. The van der Waals surface area contributed by atoms with Crippen LogP contribution < -0.4 is 4.90 Å². The summed E-state index contributed by atoms with van der Waals surface area (Å²) in [5, 5.41) is 4.47. The Bertz CT molecular complexity index is 326. The number of rotatable bonds is 3. The maximum atomic E-state index is 4.59. The molecule has 0 saturated carbocycles. The molecule has 2 nitrogen and oxygen atoms in total. The van der Waals surface area contributed by atoms with Crippen molar-refractivity contribution in [1.82, 2.24) is 4.98 Å². The maximum Gasteiger partial charge on any atom is 0.185 e. The van der Waals surface area contributed by atoms with Crippen LogP contribution in [0.25, 0.3) is 0 Å². The molecule has 0 aromatic carbocycles. The van der Waals surface area contributed by atoms with Crippen molar-refractivity contribution in [2.75, 3.05) is 16.8 Å². The highest BCUT2D eigenvalue weighted by Gasteiger charge is 2.33. The van der Waals surface area contributed by atoms with Crippen LogP contribution in [-0.4, -0.2) is 22.9 Å². The van der Waals surface area contributed by atoms with Crippen LogP contribution in [0.1, 0.15) is 25.5 Å². The molecule has 1 aromatic heterocycles. The van der Waals surface area contributed by atoms with Crippen molar-refractivity contribution < 1.29 is 0 Å². The number of anilines is 1. The number of hydrogen-bond donors (Lipinski definition) is 0. The highest BCUT2D eigenvalue weighted by atomic mass is 79.9. The lowest BCUT2D eigenvalue weighted by Gasteiger charge is -2.25. The van der Waals surface area contributed by atoms with Gasteiger partial charge in [-0.15, -0.1) is 11.3 Å². The van der Waals surface area contributed by atoms with Gasteiger partial charge in [0.2, 0.25) is 0 Å². The van der Waals surface area contributed by atoms with Crippen LogP contribution >= 0.6 is 27.3 Å². The standard InChI is InChI=1S/C11H17BrN2S/c1-3-10-9(6-12)4-5-14(10)11-13-8(2)7-15-11/h7,9-10H,3-6H2,1-2H3. The van der Waals surface area contributed by atoms with Gasteiger partial charge in [-0.05, 0) is 25.7 Å². The number of aryl methyl sites for hydroxylation is 1. The Morgan fingerprint density at radius 2 is 2.47 bits per heavy atom. The zero-order valence-electron chi connectivity index (χ0n) is 9.24. The van der Waals surface area contributed by atoms with Crippen LogP contribution in [-0.2, 0) is 0 Å². The number of halogens is 1. The fourth-order valence-corrected chi connectivity index (χ4v) is 4.00. The lowest BCUT2D eigenvalue weighted by atomic mass is 10.0. The predicted molar refractivity (Wildman–Crippen MR) is 70.2 cm³/mol. The van der Waals surface area contributed by atoms with E-state index < -0.39 is 0 Å². The maximum absolute atomic E-state index is 4.59. The molecule has 84 valence electrons. The first-order valence-electron chi connectivity index (χ1n) is 5.51. The SMILES string of the molecule is CCC1C(CBr)CCN1c1nc(C)cs1. The molecule has 2 atom stereocenters. The largest absolute Gasteiger partial charge is 0.345 e. The van der Waals surface area contributed by atoms with Gasteiger partial charge in [0.15, 0.2) is 5.13 Å². The van der Waals surface area contributed by atoms with Crippen LogP contribution in [0.4, 0.5) is 5.13 Å². The van der Waals surface area contributed by atoms with Crippen molar-refractivity contribution in [2.24, 2.45) is 5.92 Å². The Morgan fingerprint density at radius 3 is 3.00 bits per heavy atom. The Labute approximate surface area is 104 Å². The van der Waals surface area contributed by atoms with Gasteiger partial charge in [-0.2, -0.15) is 0 Å². The normalized spacial score (nSPS) is 26.2. The van der Waals surface area contributed by atoms with Crippen molar-refractivity contribution in [3.8, 4) is 0 Å². The average molecular weight is 289 g/mol. The third-order valence-corrected chi connectivity index (χ3v) is 4.98. The number of thiazole rings is 1. The molecule has 2 unspecified atom stereocenters. The van der Waals surface area contributed by atoms with Crippen molar-refractivity contribution in [2.45, 2.75) is 32.7 Å². The van der Waals surface area contributed by atoms with Gasteiger partial charge in [0.25, 0.3) is 0 Å². The predicted octanol–water partition coefficient (Wildman–Crippen LogP) is 3.45. The minimum atomic E-state index is 0.676. The van der Waals surface area contributed by atoms with E-state index in [0.29, 0.717) is 6.04 Å². The molecule has 2 heterocycles. The lowest BCUT2D eigenvalue weighted by Crippen LogP contribution is -2.32. The van der Waals surface area contributed by atoms with Gasteiger partial charge in [0.05, 0.1) is 5.69 Å². The molecule has 4 heteroatoms. The zero-order valence-corrected chi connectivity index (χ0v) is 11.6. The second kappa shape index (κ2) is 4.83. The smallest absolute Gasteiger partial charge is 0.185 e. The molecular weight excluding hydrogens is 272 g/mol. The first kappa shape index (κ1) is 11.4. The minimum absolute atomic E-state index is 0.676. The Hall–Kier alpha value is -0.0900. The third-order valence-electron chi connectivity index (χ3n) is 3.15. The van der Waals surface area contributed by atoms with E-state index in [2.05, 4.69) is 45.0 Å². The summed E-state index contributed by atoms with van der Waals surface area (Å²) < 4.78 is 0. The molecule has 0 radical (unpaired) electrons. The van der Waals surface area contributed by atoms with Crippen LogP contribution in [0, 0.1) is 12.8 Å². The molecular formula is C11H17BrN2S. The average Bonchev–Trinajstić information content (AvgIpc) is 2.82. The van der Waals surface area contributed by atoms with Gasteiger partial charge in [-0.25, -0.2) is 4.98 Å². The van der Waals surface area contributed by atoms with Gasteiger partial charge >= 0.3 is 0 Å². The Kier molecular flexibility index (Phi) is 3.67. The summed E-state index contributed by atoms with van der Waals surface area (Å²) in [6.45, 7) is 5.51. The number of hydrogen-bond acceptors (Lipinski definition) is 3. The van der Waals surface area contributed by atoms with E-state index in [1.54, 1.807) is 11.3 Å². The van der Waals surface area contributed by atoms with Crippen molar-refractivity contribution >= 4 is 32.4 Å². The molecule has 1 fully saturated rings. The van der Waals surface area contributed by atoms with Gasteiger partial charge in [0, 0.05) is 23.3 Å². The molecule has 1 aromatic rings. The molecule has 1 aliphatic heterocycles. The van der Waals surface area contributed by atoms with E-state index in [4.69, 9.17) is 0 Å². The van der Waals surface area contributed by atoms with Gasteiger partial charge in [-0.3, -0.25) is 0 Å². The highest BCUT2D eigenvalue weighted by Crippen LogP contribution is 2.34. The van der Waals surface area contributed by atoms with Gasteiger partial charge in [0.1, 0.15) is 0 Å². The molecule has 0 aliphatic carbocycles. The second-order valence-electron chi connectivity index (χ2n) is 4.14. The molecule has 15 heavy (non-hydrogen) atoms. The van der Waals surface area contributed by atoms with Crippen molar-refractivity contribution in [1.29, 1.82) is 0 Å². The van der Waals surface area contributed by atoms with Gasteiger partial charge in [-0.1, -0.05) is 22.9 Å². The summed E-state index contributed by atoms with van der Waals surface area (Å²) in [6.07, 6.45) is 2.51. The van der Waals surface area contributed by atoms with Crippen LogP contribution in [0.3, 0.4) is 0 Å². The molecule has 1 aliphatic rings. The third kappa shape index (κ3) is 2.21. The fraction of sp³-hybridized carbons (Fsp3) is 0.727. The zero-order chi connectivity index (χ0) is 10.8. The molecule has 0 spiro atoms. The topological polar surface area (TPSA) is 16.1 Å². The molecule has 0 N–H and O–H groups in total. The summed E-state index contributed by atoms with van der Waals surface area (Å²) in [7, 11) is 0.